The molecule has 4 aliphatic rings. The number of hydrogen-bond donors (Lipinski definition) is 0. The molecule has 2 atom stereocenters. The van der Waals surface area contributed by atoms with Crippen molar-refractivity contribution >= 4 is 5.91 Å². The summed E-state index contributed by atoms with van der Waals surface area (Å²) in [4.78, 5) is 19.8. The number of aromatic nitrogens is 1. The fraction of sp³-hybridized carbons (Fsp3) is 0.852. The minimum Gasteiger partial charge on any atom is -0.361 e. The SMILES string of the molecule is CC(C)N1CCN([C@H]2CCCC(F)(F)[C@@H]2CC(=O)N2CCC(C)(c3cc(C4CC4)on3)CC2)CC1. The van der Waals surface area contributed by atoms with Crippen molar-refractivity contribution in [3.8, 4) is 0 Å². The average molecular weight is 493 g/mol. The number of nitrogens with zero attached hydrogens (tertiary/aromatic N) is 4. The van der Waals surface area contributed by atoms with Crippen LogP contribution in [-0.4, -0.2) is 83.0 Å². The second-order valence-corrected chi connectivity index (χ2v) is 12.0. The van der Waals surface area contributed by atoms with Gasteiger partial charge in [0.15, 0.2) is 0 Å². The Hall–Kier alpha value is -1.54. The zero-order chi connectivity index (χ0) is 24.8. The highest BCUT2D eigenvalue weighted by Gasteiger charge is 2.50. The Morgan fingerprint density at radius 2 is 1.77 bits per heavy atom. The summed E-state index contributed by atoms with van der Waals surface area (Å²) in [5, 5.41) is 4.35. The fourth-order valence-electron chi connectivity index (χ4n) is 6.48. The van der Waals surface area contributed by atoms with Crippen LogP contribution >= 0.6 is 0 Å². The van der Waals surface area contributed by atoms with Gasteiger partial charge in [-0.2, -0.15) is 0 Å². The summed E-state index contributed by atoms with van der Waals surface area (Å²) in [7, 11) is 0. The van der Waals surface area contributed by atoms with Gasteiger partial charge in [0.25, 0.3) is 5.92 Å². The van der Waals surface area contributed by atoms with Crippen molar-refractivity contribution < 1.29 is 18.1 Å². The maximum Gasteiger partial charge on any atom is 0.252 e. The molecular weight excluding hydrogens is 450 g/mol. The molecule has 1 aromatic heterocycles. The summed E-state index contributed by atoms with van der Waals surface area (Å²) in [6.07, 6.45) is 5.09. The van der Waals surface area contributed by atoms with Gasteiger partial charge >= 0.3 is 0 Å². The Balaban J connectivity index is 1.20. The molecule has 3 heterocycles. The number of likely N-dealkylation sites (tertiary alicyclic amines) is 1. The molecule has 196 valence electrons. The highest BCUT2D eigenvalue weighted by molar-refractivity contribution is 5.77. The van der Waals surface area contributed by atoms with Crippen LogP contribution in [0.5, 0.6) is 0 Å². The molecule has 0 unspecified atom stereocenters. The molecule has 8 heteroatoms. The van der Waals surface area contributed by atoms with E-state index >= 15 is 8.78 Å². The summed E-state index contributed by atoms with van der Waals surface area (Å²) in [5.41, 5.74) is 0.854. The number of alkyl halides is 2. The van der Waals surface area contributed by atoms with Crippen LogP contribution in [0.1, 0.15) is 89.5 Å². The third-order valence-corrected chi connectivity index (χ3v) is 9.31. The summed E-state index contributed by atoms with van der Waals surface area (Å²) in [6, 6.07) is 2.37. The molecule has 0 radical (unpaired) electrons. The normalized spacial score (nSPS) is 30.1. The minimum atomic E-state index is -2.78. The number of halogens is 2. The number of hydrogen-bond acceptors (Lipinski definition) is 5. The van der Waals surface area contributed by atoms with Crippen molar-refractivity contribution in [3.05, 3.63) is 17.5 Å². The Morgan fingerprint density at radius 3 is 2.40 bits per heavy atom. The lowest BCUT2D eigenvalue weighted by Gasteiger charge is -2.47. The van der Waals surface area contributed by atoms with Gasteiger partial charge in [0.1, 0.15) is 5.76 Å². The summed E-state index contributed by atoms with van der Waals surface area (Å²) in [5.74, 6) is -2.26. The largest absolute Gasteiger partial charge is 0.361 e. The van der Waals surface area contributed by atoms with E-state index in [0.717, 1.165) is 56.9 Å². The molecule has 5 rings (SSSR count). The van der Waals surface area contributed by atoms with Crippen molar-refractivity contribution in [1.82, 2.24) is 19.9 Å². The molecule has 2 aliphatic carbocycles. The van der Waals surface area contributed by atoms with E-state index in [0.29, 0.717) is 31.5 Å². The predicted octanol–water partition coefficient (Wildman–Crippen LogP) is 4.65. The van der Waals surface area contributed by atoms with Crippen LogP contribution in [0.2, 0.25) is 0 Å². The highest BCUT2D eigenvalue weighted by atomic mass is 19.3. The van der Waals surface area contributed by atoms with Crippen molar-refractivity contribution in [2.45, 2.75) is 101 Å². The van der Waals surface area contributed by atoms with Crippen LogP contribution < -0.4 is 0 Å². The number of rotatable bonds is 6. The molecule has 0 spiro atoms. The van der Waals surface area contributed by atoms with Gasteiger partial charge in [0.2, 0.25) is 5.91 Å². The number of piperazine rings is 1. The monoisotopic (exact) mass is 492 g/mol. The van der Waals surface area contributed by atoms with Gasteiger partial charge in [-0.05, 0) is 52.4 Å². The van der Waals surface area contributed by atoms with E-state index in [9.17, 15) is 4.79 Å². The van der Waals surface area contributed by atoms with E-state index in [-0.39, 0.29) is 30.2 Å². The molecule has 1 aromatic rings. The number of piperidine rings is 1. The average Bonchev–Trinajstić information content (AvgIpc) is 3.56. The van der Waals surface area contributed by atoms with Crippen LogP contribution in [-0.2, 0) is 10.2 Å². The first kappa shape index (κ1) is 25.1. The number of carbonyl (C=O) groups excluding carboxylic acids is 1. The molecule has 1 amide bonds. The molecule has 6 nitrogen and oxygen atoms in total. The van der Waals surface area contributed by atoms with Gasteiger partial charge in [-0.15, -0.1) is 0 Å². The first-order chi connectivity index (χ1) is 16.7. The van der Waals surface area contributed by atoms with E-state index in [1.165, 1.54) is 12.8 Å². The summed E-state index contributed by atoms with van der Waals surface area (Å²) >= 11 is 0. The first-order valence-electron chi connectivity index (χ1n) is 13.8. The third kappa shape index (κ3) is 5.29. The standard InChI is InChI=1S/C27H42F2N4O2/c1-19(2)31-13-15-32(16-14-31)22-5-4-8-27(28,29)21(22)17-25(34)33-11-9-26(3,10-12-33)24-18-23(35-30-24)20-6-7-20/h18-22H,4-17H2,1-3H3/t21-,22+/m1/s1. The van der Waals surface area contributed by atoms with Gasteiger partial charge in [0, 0.05) is 87.5 Å². The molecular formula is C27H42F2N4O2. The lowest BCUT2D eigenvalue weighted by atomic mass is 9.76. The fourth-order valence-corrected chi connectivity index (χ4v) is 6.48. The van der Waals surface area contributed by atoms with Crippen LogP contribution in [0.25, 0.3) is 0 Å². The minimum absolute atomic E-state index is 0.0471. The zero-order valence-corrected chi connectivity index (χ0v) is 21.6. The van der Waals surface area contributed by atoms with E-state index < -0.39 is 11.8 Å². The van der Waals surface area contributed by atoms with Crippen molar-refractivity contribution in [1.29, 1.82) is 0 Å². The van der Waals surface area contributed by atoms with Gasteiger partial charge < -0.3 is 9.42 Å². The molecule has 0 N–H and O–H groups in total. The van der Waals surface area contributed by atoms with Crippen molar-refractivity contribution in [2.24, 2.45) is 5.92 Å². The van der Waals surface area contributed by atoms with Gasteiger partial charge in [-0.3, -0.25) is 14.6 Å². The number of amides is 1. The maximum absolute atomic E-state index is 15.2. The van der Waals surface area contributed by atoms with Crippen molar-refractivity contribution in [2.75, 3.05) is 39.3 Å². The molecule has 2 saturated carbocycles. The summed E-state index contributed by atoms with van der Waals surface area (Å²) in [6.45, 7) is 11.2. The Morgan fingerprint density at radius 1 is 1.09 bits per heavy atom. The van der Waals surface area contributed by atoms with Gasteiger partial charge in [0.05, 0.1) is 5.69 Å². The van der Waals surface area contributed by atoms with E-state index in [1.807, 2.05) is 4.90 Å². The zero-order valence-electron chi connectivity index (χ0n) is 21.6. The second kappa shape index (κ2) is 9.73. The molecule has 2 aliphatic heterocycles. The quantitative estimate of drug-likeness (QED) is 0.579. The Kier molecular flexibility index (Phi) is 6.98. The lowest BCUT2D eigenvalue weighted by Crippen LogP contribution is -2.58. The summed E-state index contributed by atoms with van der Waals surface area (Å²) < 4.78 is 36.0. The van der Waals surface area contributed by atoms with E-state index in [4.69, 9.17) is 4.52 Å². The molecule has 0 aromatic carbocycles. The lowest BCUT2D eigenvalue weighted by molar-refractivity contribution is -0.151. The van der Waals surface area contributed by atoms with Crippen LogP contribution in [0.15, 0.2) is 10.6 Å². The predicted molar refractivity (Wildman–Crippen MR) is 131 cm³/mol. The van der Waals surface area contributed by atoms with Crippen LogP contribution in [0.4, 0.5) is 8.78 Å². The molecule has 0 bridgehead atoms. The Bertz CT molecular complexity index is 883. The van der Waals surface area contributed by atoms with Crippen LogP contribution in [0.3, 0.4) is 0 Å². The molecule has 35 heavy (non-hydrogen) atoms. The van der Waals surface area contributed by atoms with Gasteiger partial charge in [-0.1, -0.05) is 12.1 Å². The maximum atomic E-state index is 15.2. The number of carbonyl (C=O) groups is 1. The van der Waals surface area contributed by atoms with Gasteiger partial charge in [-0.25, -0.2) is 8.78 Å². The van der Waals surface area contributed by atoms with Crippen LogP contribution in [0, 0.1) is 5.92 Å². The highest BCUT2D eigenvalue weighted by Crippen LogP contribution is 2.45. The van der Waals surface area contributed by atoms with E-state index in [1.54, 1.807) is 0 Å². The topological polar surface area (TPSA) is 52.8 Å². The Labute approximate surface area is 208 Å². The third-order valence-electron chi connectivity index (χ3n) is 9.31. The molecule has 2 saturated heterocycles. The molecule has 4 fully saturated rings. The smallest absolute Gasteiger partial charge is 0.252 e. The second-order valence-electron chi connectivity index (χ2n) is 12.0. The first-order valence-corrected chi connectivity index (χ1v) is 13.8. The van der Waals surface area contributed by atoms with E-state index in [2.05, 4.69) is 41.8 Å². The van der Waals surface area contributed by atoms with Crippen molar-refractivity contribution in [3.63, 3.8) is 0 Å².